The molecule has 112 valence electrons. The number of hydrogen-bond acceptors (Lipinski definition) is 3. The monoisotopic (exact) mass is 276 g/mol. The molecule has 1 aliphatic rings. The zero-order valence-corrected chi connectivity index (χ0v) is 13.3. The molecule has 20 heavy (non-hydrogen) atoms. The number of rotatable bonds is 5. The fourth-order valence-electron chi connectivity index (χ4n) is 2.70. The number of morpholine rings is 1. The van der Waals surface area contributed by atoms with E-state index in [0.29, 0.717) is 12.1 Å². The Hall–Kier alpha value is -1.06. The number of nitrogens with one attached hydrogen (secondary N) is 1. The van der Waals surface area contributed by atoms with E-state index in [1.54, 1.807) is 0 Å². The second kappa shape index (κ2) is 7.09. The summed E-state index contributed by atoms with van der Waals surface area (Å²) in [6.45, 7) is 12.5. The predicted octanol–water partition coefficient (Wildman–Crippen LogP) is 3.11. The Kier molecular flexibility index (Phi) is 5.44. The summed E-state index contributed by atoms with van der Waals surface area (Å²) in [5.74, 6) is 0. The van der Waals surface area contributed by atoms with Crippen LogP contribution in [-0.2, 0) is 11.3 Å². The minimum atomic E-state index is 0.516. The summed E-state index contributed by atoms with van der Waals surface area (Å²) in [5.41, 5.74) is 4.10. The molecule has 1 N–H and O–H groups in total. The lowest BCUT2D eigenvalue weighted by Crippen LogP contribution is -2.45. The van der Waals surface area contributed by atoms with Crippen molar-refractivity contribution in [2.24, 2.45) is 0 Å². The van der Waals surface area contributed by atoms with Crippen LogP contribution >= 0.6 is 0 Å². The minimum absolute atomic E-state index is 0.516. The Bertz CT molecular complexity index is 431. The molecular weight excluding hydrogens is 248 g/mol. The summed E-state index contributed by atoms with van der Waals surface area (Å²) < 4.78 is 5.59. The van der Waals surface area contributed by atoms with Crippen LogP contribution in [0.2, 0.25) is 0 Å². The SMILES string of the molecule is CCC1COCCN1c1ccc(CNC(C)C)c(C)c1. The molecular formula is C17H28N2O. The number of ether oxygens (including phenoxy) is 1. The van der Waals surface area contributed by atoms with E-state index in [1.165, 1.54) is 16.8 Å². The molecule has 0 amide bonds. The van der Waals surface area contributed by atoms with Gasteiger partial charge in [0.1, 0.15) is 0 Å². The van der Waals surface area contributed by atoms with Gasteiger partial charge in [-0.25, -0.2) is 0 Å². The van der Waals surface area contributed by atoms with Gasteiger partial charge in [-0.2, -0.15) is 0 Å². The van der Waals surface area contributed by atoms with Gasteiger partial charge in [0.2, 0.25) is 0 Å². The highest BCUT2D eigenvalue weighted by molar-refractivity contribution is 5.52. The van der Waals surface area contributed by atoms with Gasteiger partial charge < -0.3 is 15.0 Å². The van der Waals surface area contributed by atoms with Crippen LogP contribution in [0, 0.1) is 6.92 Å². The fraction of sp³-hybridized carbons (Fsp3) is 0.647. The van der Waals surface area contributed by atoms with Crippen molar-refractivity contribution < 1.29 is 4.74 Å². The fourth-order valence-corrected chi connectivity index (χ4v) is 2.70. The van der Waals surface area contributed by atoms with Gasteiger partial charge in [0.25, 0.3) is 0 Å². The van der Waals surface area contributed by atoms with E-state index >= 15 is 0 Å². The summed E-state index contributed by atoms with van der Waals surface area (Å²) >= 11 is 0. The first-order valence-electron chi connectivity index (χ1n) is 7.79. The van der Waals surface area contributed by atoms with Gasteiger partial charge in [-0.05, 0) is 36.6 Å². The number of aryl methyl sites for hydroxylation is 1. The Morgan fingerprint density at radius 1 is 1.40 bits per heavy atom. The molecule has 1 unspecified atom stereocenters. The Labute approximate surface area is 123 Å². The third-order valence-corrected chi connectivity index (χ3v) is 4.06. The topological polar surface area (TPSA) is 24.5 Å². The van der Waals surface area contributed by atoms with Crippen molar-refractivity contribution in [3.05, 3.63) is 29.3 Å². The highest BCUT2D eigenvalue weighted by atomic mass is 16.5. The predicted molar refractivity (Wildman–Crippen MR) is 85.4 cm³/mol. The van der Waals surface area contributed by atoms with Gasteiger partial charge in [0.05, 0.1) is 19.3 Å². The van der Waals surface area contributed by atoms with E-state index in [9.17, 15) is 0 Å². The maximum absolute atomic E-state index is 5.59. The molecule has 1 fully saturated rings. The quantitative estimate of drug-likeness (QED) is 0.894. The first-order chi connectivity index (χ1) is 9.61. The van der Waals surface area contributed by atoms with E-state index in [2.05, 4.69) is 56.1 Å². The molecule has 1 aromatic carbocycles. The largest absolute Gasteiger partial charge is 0.377 e. The lowest BCUT2D eigenvalue weighted by atomic mass is 10.1. The average Bonchev–Trinajstić information content (AvgIpc) is 2.45. The van der Waals surface area contributed by atoms with Crippen LogP contribution < -0.4 is 10.2 Å². The van der Waals surface area contributed by atoms with Gasteiger partial charge in [-0.1, -0.05) is 26.8 Å². The van der Waals surface area contributed by atoms with Crippen LogP contribution in [-0.4, -0.2) is 31.8 Å². The second-order valence-electron chi connectivity index (χ2n) is 5.98. The third-order valence-electron chi connectivity index (χ3n) is 4.06. The molecule has 1 aliphatic heterocycles. The summed E-state index contributed by atoms with van der Waals surface area (Å²) in [5, 5.41) is 3.49. The molecule has 0 bridgehead atoms. The smallest absolute Gasteiger partial charge is 0.0670 e. The first-order valence-corrected chi connectivity index (χ1v) is 7.79. The van der Waals surface area contributed by atoms with Gasteiger partial charge in [-0.3, -0.25) is 0 Å². The van der Waals surface area contributed by atoms with Crippen LogP contribution in [0.5, 0.6) is 0 Å². The zero-order valence-electron chi connectivity index (χ0n) is 13.3. The van der Waals surface area contributed by atoms with Gasteiger partial charge in [0, 0.05) is 24.8 Å². The Morgan fingerprint density at radius 2 is 2.20 bits per heavy atom. The molecule has 0 aliphatic carbocycles. The summed E-state index contributed by atoms with van der Waals surface area (Å²) in [6.07, 6.45) is 1.13. The molecule has 0 aromatic heterocycles. The molecule has 0 radical (unpaired) electrons. The molecule has 3 nitrogen and oxygen atoms in total. The maximum Gasteiger partial charge on any atom is 0.0670 e. The number of benzene rings is 1. The summed E-state index contributed by atoms with van der Waals surface area (Å²) in [4.78, 5) is 2.50. The number of hydrogen-bond donors (Lipinski definition) is 1. The van der Waals surface area contributed by atoms with Crippen LogP contribution in [0.25, 0.3) is 0 Å². The van der Waals surface area contributed by atoms with Crippen molar-refractivity contribution in [1.29, 1.82) is 0 Å². The van der Waals surface area contributed by atoms with Crippen LogP contribution in [0.3, 0.4) is 0 Å². The van der Waals surface area contributed by atoms with E-state index in [-0.39, 0.29) is 0 Å². The van der Waals surface area contributed by atoms with Gasteiger partial charge >= 0.3 is 0 Å². The van der Waals surface area contributed by atoms with Crippen molar-refractivity contribution in [1.82, 2.24) is 5.32 Å². The van der Waals surface area contributed by atoms with Crippen molar-refractivity contribution >= 4 is 5.69 Å². The average molecular weight is 276 g/mol. The third kappa shape index (κ3) is 3.74. The van der Waals surface area contributed by atoms with Gasteiger partial charge in [0.15, 0.2) is 0 Å². The lowest BCUT2D eigenvalue weighted by Gasteiger charge is -2.37. The molecule has 1 aromatic rings. The zero-order chi connectivity index (χ0) is 14.5. The van der Waals surface area contributed by atoms with Gasteiger partial charge in [-0.15, -0.1) is 0 Å². The van der Waals surface area contributed by atoms with Crippen LogP contribution in [0.4, 0.5) is 5.69 Å². The number of nitrogens with zero attached hydrogens (tertiary/aromatic N) is 1. The second-order valence-corrected chi connectivity index (χ2v) is 5.98. The molecule has 1 saturated heterocycles. The maximum atomic E-state index is 5.59. The lowest BCUT2D eigenvalue weighted by molar-refractivity contribution is 0.0930. The van der Waals surface area contributed by atoms with Crippen LogP contribution in [0.1, 0.15) is 38.3 Å². The first kappa shape index (κ1) is 15.3. The highest BCUT2D eigenvalue weighted by Crippen LogP contribution is 2.24. The molecule has 2 rings (SSSR count). The molecule has 0 saturated carbocycles. The normalized spacial score (nSPS) is 19.6. The van der Waals surface area contributed by atoms with E-state index < -0.39 is 0 Å². The Balaban J connectivity index is 2.11. The highest BCUT2D eigenvalue weighted by Gasteiger charge is 2.21. The Morgan fingerprint density at radius 3 is 2.85 bits per heavy atom. The standard InChI is InChI=1S/C17H28N2O/c1-5-16-12-20-9-8-19(16)17-7-6-15(14(4)10-17)11-18-13(2)3/h6-7,10,13,16,18H,5,8-9,11-12H2,1-4H3. The number of anilines is 1. The van der Waals surface area contributed by atoms with E-state index in [4.69, 9.17) is 4.74 Å². The van der Waals surface area contributed by atoms with E-state index in [1.807, 2.05) is 0 Å². The summed E-state index contributed by atoms with van der Waals surface area (Å²) in [7, 11) is 0. The van der Waals surface area contributed by atoms with Crippen molar-refractivity contribution in [2.75, 3.05) is 24.7 Å². The van der Waals surface area contributed by atoms with Crippen molar-refractivity contribution in [2.45, 2.75) is 52.7 Å². The van der Waals surface area contributed by atoms with Crippen molar-refractivity contribution in [3.8, 4) is 0 Å². The van der Waals surface area contributed by atoms with E-state index in [0.717, 1.165) is 32.7 Å². The molecule has 0 spiro atoms. The minimum Gasteiger partial charge on any atom is -0.377 e. The van der Waals surface area contributed by atoms with Crippen molar-refractivity contribution in [3.63, 3.8) is 0 Å². The van der Waals surface area contributed by atoms with Crippen LogP contribution in [0.15, 0.2) is 18.2 Å². The molecule has 1 atom stereocenters. The summed E-state index contributed by atoms with van der Waals surface area (Å²) in [6, 6.07) is 7.90. The molecule has 1 heterocycles. The molecule has 3 heteroatoms.